The maximum Gasteiger partial charge on any atom is 0.321 e. The van der Waals surface area contributed by atoms with Crippen molar-refractivity contribution < 1.29 is 19.5 Å². The fourth-order valence-corrected chi connectivity index (χ4v) is 1.19. The first kappa shape index (κ1) is 15.4. The highest BCUT2D eigenvalue weighted by molar-refractivity contribution is 5.94. The van der Waals surface area contributed by atoms with Crippen molar-refractivity contribution in [1.82, 2.24) is 15.5 Å². The molecule has 0 aliphatic carbocycles. The van der Waals surface area contributed by atoms with Crippen molar-refractivity contribution in [3.8, 4) is 0 Å². The van der Waals surface area contributed by atoms with Gasteiger partial charge in [0, 0.05) is 26.6 Å². The second-order valence-electron chi connectivity index (χ2n) is 3.46. The van der Waals surface area contributed by atoms with Crippen LogP contribution in [0, 0.1) is 0 Å². The Morgan fingerprint density at radius 1 is 1.18 bits per heavy atom. The van der Waals surface area contributed by atoms with Crippen LogP contribution in [-0.4, -0.2) is 54.6 Å². The van der Waals surface area contributed by atoms with Crippen LogP contribution in [-0.2, 0) is 9.59 Å². The molecule has 7 nitrogen and oxygen atoms in total. The molecule has 0 fully saturated rings. The summed E-state index contributed by atoms with van der Waals surface area (Å²) < 4.78 is 0. The number of nitrogens with one attached hydrogen (secondary N) is 2. The zero-order valence-electron chi connectivity index (χ0n) is 10.2. The predicted octanol–water partition coefficient (Wildman–Crippen LogP) is -0.371. The quantitative estimate of drug-likeness (QED) is 0.568. The van der Waals surface area contributed by atoms with Crippen LogP contribution < -0.4 is 10.6 Å². The summed E-state index contributed by atoms with van der Waals surface area (Å²) in [4.78, 5) is 34.3. The first-order chi connectivity index (χ1) is 7.99. The van der Waals surface area contributed by atoms with Gasteiger partial charge in [0.2, 0.25) is 5.91 Å². The van der Waals surface area contributed by atoms with E-state index in [0.29, 0.717) is 19.6 Å². The van der Waals surface area contributed by atoms with E-state index >= 15 is 0 Å². The van der Waals surface area contributed by atoms with E-state index in [-0.39, 0.29) is 18.7 Å². The molecule has 0 aliphatic rings. The predicted molar refractivity (Wildman–Crippen MR) is 61.6 cm³/mol. The van der Waals surface area contributed by atoms with Gasteiger partial charge in [0.05, 0.1) is 6.42 Å². The van der Waals surface area contributed by atoms with Gasteiger partial charge in [0.1, 0.15) is 0 Å². The van der Waals surface area contributed by atoms with Crippen LogP contribution >= 0.6 is 0 Å². The zero-order chi connectivity index (χ0) is 13.3. The Kier molecular flexibility index (Phi) is 7.70. The molecular weight excluding hydrogens is 226 g/mol. The third-order valence-corrected chi connectivity index (χ3v) is 2.22. The van der Waals surface area contributed by atoms with Crippen LogP contribution in [0.4, 0.5) is 4.79 Å². The smallest absolute Gasteiger partial charge is 0.321 e. The number of aliphatic carboxylic acids is 1. The molecular formula is C10H19N3O4. The fourth-order valence-electron chi connectivity index (χ4n) is 1.19. The number of amides is 3. The van der Waals surface area contributed by atoms with Gasteiger partial charge >= 0.3 is 12.0 Å². The van der Waals surface area contributed by atoms with E-state index in [1.54, 1.807) is 0 Å². The van der Waals surface area contributed by atoms with Crippen molar-refractivity contribution in [1.29, 1.82) is 0 Å². The van der Waals surface area contributed by atoms with Gasteiger partial charge in [-0.15, -0.1) is 0 Å². The van der Waals surface area contributed by atoms with Crippen molar-refractivity contribution in [3.63, 3.8) is 0 Å². The Morgan fingerprint density at radius 3 is 2.24 bits per heavy atom. The van der Waals surface area contributed by atoms with Gasteiger partial charge in [-0.2, -0.15) is 0 Å². The van der Waals surface area contributed by atoms with E-state index < -0.39 is 12.0 Å². The summed E-state index contributed by atoms with van der Waals surface area (Å²) in [7, 11) is 1.42. The fraction of sp³-hybridized carbons (Fsp3) is 0.700. The number of carboxylic acids is 1. The molecule has 0 bridgehead atoms. The largest absolute Gasteiger partial charge is 0.481 e. The lowest BCUT2D eigenvalue weighted by molar-refractivity contribution is -0.137. The summed E-state index contributed by atoms with van der Waals surface area (Å²) >= 11 is 0. The lowest BCUT2D eigenvalue weighted by Crippen LogP contribution is -2.39. The minimum absolute atomic E-state index is 0.0465. The Labute approximate surface area is 100 Å². The van der Waals surface area contributed by atoms with Gasteiger partial charge < -0.3 is 15.3 Å². The number of urea groups is 1. The Balaban J connectivity index is 3.85. The number of carboxylic acid groups (broad SMARTS) is 1. The van der Waals surface area contributed by atoms with Crippen molar-refractivity contribution in [3.05, 3.63) is 0 Å². The minimum atomic E-state index is -0.863. The number of rotatable bonds is 7. The summed E-state index contributed by atoms with van der Waals surface area (Å²) in [6, 6.07) is -0.538. The molecule has 0 atom stereocenters. The van der Waals surface area contributed by atoms with Gasteiger partial charge in [0.25, 0.3) is 0 Å². The first-order valence-electron chi connectivity index (χ1n) is 5.45. The molecule has 0 radical (unpaired) electrons. The van der Waals surface area contributed by atoms with E-state index in [1.165, 1.54) is 7.05 Å². The molecule has 0 heterocycles. The molecule has 7 heteroatoms. The molecule has 0 aromatic heterocycles. The van der Waals surface area contributed by atoms with Gasteiger partial charge in [-0.25, -0.2) is 4.79 Å². The zero-order valence-corrected chi connectivity index (χ0v) is 10.2. The summed E-state index contributed by atoms with van der Waals surface area (Å²) in [5.41, 5.74) is 0. The average Bonchev–Trinajstić information content (AvgIpc) is 2.28. The number of imide groups is 1. The highest BCUT2D eigenvalue weighted by atomic mass is 16.4. The van der Waals surface area contributed by atoms with Crippen LogP contribution in [0.2, 0.25) is 0 Å². The van der Waals surface area contributed by atoms with E-state index in [2.05, 4.69) is 10.6 Å². The molecule has 3 amide bonds. The molecule has 0 aliphatic heterocycles. The summed E-state index contributed by atoms with van der Waals surface area (Å²) in [6.45, 7) is 3.39. The SMILES string of the molecule is CCN(CCC(=O)O)CCC(=O)NC(=O)NC. The summed E-state index contributed by atoms with van der Waals surface area (Å²) in [5, 5.41) is 12.9. The third kappa shape index (κ3) is 8.21. The van der Waals surface area contributed by atoms with Crippen LogP contribution in [0.1, 0.15) is 19.8 Å². The van der Waals surface area contributed by atoms with E-state index in [9.17, 15) is 14.4 Å². The number of hydrogen-bond acceptors (Lipinski definition) is 4. The second kappa shape index (κ2) is 8.51. The molecule has 17 heavy (non-hydrogen) atoms. The van der Waals surface area contributed by atoms with Crippen molar-refractivity contribution in [2.24, 2.45) is 0 Å². The summed E-state index contributed by atoms with van der Waals surface area (Å²) in [6.07, 6.45) is 0.214. The number of hydrogen-bond donors (Lipinski definition) is 3. The lowest BCUT2D eigenvalue weighted by atomic mass is 10.3. The molecule has 3 N–H and O–H groups in total. The van der Waals surface area contributed by atoms with Crippen LogP contribution in [0.25, 0.3) is 0 Å². The normalized spacial score (nSPS) is 10.1. The van der Waals surface area contributed by atoms with Gasteiger partial charge in [-0.05, 0) is 6.54 Å². The molecule has 0 aromatic rings. The standard InChI is InChI=1S/C10H19N3O4/c1-3-13(7-5-9(15)16)6-4-8(14)12-10(17)11-2/h3-7H2,1-2H3,(H,15,16)(H2,11,12,14,17). The van der Waals surface area contributed by atoms with E-state index in [1.807, 2.05) is 11.8 Å². The minimum Gasteiger partial charge on any atom is -0.481 e. The molecule has 0 saturated carbocycles. The molecule has 0 aromatic carbocycles. The second-order valence-corrected chi connectivity index (χ2v) is 3.46. The Hall–Kier alpha value is -1.63. The highest BCUT2D eigenvalue weighted by Crippen LogP contribution is 1.94. The van der Waals surface area contributed by atoms with Gasteiger partial charge in [-0.1, -0.05) is 6.92 Å². The average molecular weight is 245 g/mol. The van der Waals surface area contributed by atoms with Crippen LogP contribution in [0.3, 0.4) is 0 Å². The first-order valence-corrected chi connectivity index (χ1v) is 5.45. The molecule has 98 valence electrons. The van der Waals surface area contributed by atoms with E-state index in [4.69, 9.17) is 5.11 Å². The summed E-state index contributed by atoms with van der Waals surface area (Å²) in [5.74, 6) is -1.24. The Morgan fingerprint density at radius 2 is 1.76 bits per heavy atom. The third-order valence-electron chi connectivity index (χ3n) is 2.22. The van der Waals surface area contributed by atoms with Gasteiger partial charge in [-0.3, -0.25) is 14.9 Å². The topological polar surface area (TPSA) is 98.7 Å². The number of carbonyl (C=O) groups excluding carboxylic acids is 2. The molecule has 0 spiro atoms. The highest BCUT2D eigenvalue weighted by Gasteiger charge is 2.10. The van der Waals surface area contributed by atoms with Gasteiger partial charge in [0.15, 0.2) is 0 Å². The van der Waals surface area contributed by atoms with Crippen molar-refractivity contribution in [2.75, 3.05) is 26.7 Å². The van der Waals surface area contributed by atoms with Crippen molar-refractivity contribution in [2.45, 2.75) is 19.8 Å². The molecule has 0 saturated heterocycles. The van der Waals surface area contributed by atoms with E-state index in [0.717, 1.165) is 0 Å². The van der Waals surface area contributed by atoms with Crippen LogP contribution in [0.15, 0.2) is 0 Å². The van der Waals surface area contributed by atoms with Crippen LogP contribution in [0.5, 0.6) is 0 Å². The maximum atomic E-state index is 11.3. The van der Waals surface area contributed by atoms with Crippen molar-refractivity contribution >= 4 is 17.9 Å². The monoisotopic (exact) mass is 245 g/mol. The lowest BCUT2D eigenvalue weighted by Gasteiger charge is -2.18. The molecule has 0 rings (SSSR count). The molecule has 0 unspecified atom stereocenters. The number of carbonyl (C=O) groups is 3. The Bertz CT molecular complexity index is 281. The maximum absolute atomic E-state index is 11.3. The number of nitrogens with zero attached hydrogens (tertiary/aromatic N) is 1.